The van der Waals surface area contributed by atoms with Crippen LogP contribution in [0.3, 0.4) is 0 Å². The smallest absolute Gasteiger partial charge is 0.312 e. The number of aliphatic hydroxyl groups excluding tert-OH is 2. The Morgan fingerprint density at radius 2 is 1.51 bits per heavy atom. The van der Waals surface area contributed by atoms with E-state index in [2.05, 4.69) is 26.8 Å². The molecule has 0 aliphatic heterocycles. The summed E-state index contributed by atoms with van der Waals surface area (Å²) < 4.78 is 0. The Kier molecular flexibility index (Phi) is 5.73. The number of hydrogen-bond acceptors (Lipinski definition) is 5. The van der Waals surface area contributed by atoms with E-state index in [-0.39, 0.29) is 34.5 Å². The van der Waals surface area contributed by atoms with Crippen molar-refractivity contribution in [3.8, 4) is 0 Å². The number of hydrogen-bond donors (Lipinski definition) is 5. The third-order valence-electron chi connectivity index (χ3n) is 13.6. The van der Waals surface area contributed by atoms with Crippen LogP contribution in [0.5, 0.6) is 0 Å². The highest BCUT2D eigenvalue weighted by Gasteiger charge is 2.72. The van der Waals surface area contributed by atoms with Crippen molar-refractivity contribution in [3.63, 3.8) is 0 Å². The Morgan fingerprint density at radius 1 is 0.892 bits per heavy atom. The van der Waals surface area contributed by atoms with Gasteiger partial charge in [-0.05, 0) is 99.2 Å². The molecule has 12 unspecified atom stereocenters. The number of carboxylic acid groups (broad SMARTS) is 2. The summed E-state index contributed by atoms with van der Waals surface area (Å²) in [6.07, 6.45) is 4.56. The van der Waals surface area contributed by atoms with Gasteiger partial charge in [-0.25, -0.2) is 0 Å². The van der Waals surface area contributed by atoms with Gasteiger partial charge in [-0.3, -0.25) is 9.59 Å². The van der Waals surface area contributed by atoms with E-state index in [1.807, 2.05) is 13.8 Å². The molecule has 0 heterocycles. The third-order valence-corrected chi connectivity index (χ3v) is 13.6. The van der Waals surface area contributed by atoms with E-state index in [9.17, 15) is 35.1 Å². The minimum absolute atomic E-state index is 0.0880. The zero-order valence-corrected chi connectivity index (χ0v) is 23.3. The van der Waals surface area contributed by atoms with Crippen LogP contribution in [-0.2, 0) is 9.59 Å². The Morgan fingerprint density at radius 3 is 2.11 bits per heavy atom. The fraction of sp³-hybridized carbons (Fsp3) is 0.867. The van der Waals surface area contributed by atoms with Gasteiger partial charge in [-0.2, -0.15) is 0 Å². The van der Waals surface area contributed by atoms with Crippen molar-refractivity contribution in [1.29, 1.82) is 0 Å². The second-order valence-corrected chi connectivity index (χ2v) is 14.7. The van der Waals surface area contributed by atoms with Crippen LogP contribution in [0.15, 0.2) is 11.6 Å². The van der Waals surface area contributed by atoms with Gasteiger partial charge in [0.1, 0.15) is 0 Å². The highest BCUT2D eigenvalue weighted by atomic mass is 16.4. The van der Waals surface area contributed by atoms with Crippen LogP contribution >= 0.6 is 0 Å². The van der Waals surface area contributed by atoms with Gasteiger partial charge >= 0.3 is 11.9 Å². The highest BCUT2D eigenvalue weighted by Crippen LogP contribution is 2.76. The summed E-state index contributed by atoms with van der Waals surface area (Å²) in [4.78, 5) is 25.4. The number of allylic oxidation sites excluding steroid dienone is 2. The monoisotopic (exact) mass is 518 g/mol. The van der Waals surface area contributed by atoms with Crippen LogP contribution in [0.2, 0.25) is 0 Å². The van der Waals surface area contributed by atoms with Crippen LogP contribution in [0, 0.1) is 50.7 Å². The normalized spacial score (nSPS) is 57.2. The maximum absolute atomic E-state index is 12.8. The first-order valence-electron chi connectivity index (χ1n) is 14.2. The molecule has 7 nitrogen and oxygen atoms in total. The van der Waals surface area contributed by atoms with Crippen molar-refractivity contribution >= 4 is 11.9 Å². The zero-order chi connectivity index (χ0) is 27.6. The lowest BCUT2D eigenvalue weighted by Gasteiger charge is -2.71. The maximum atomic E-state index is 12.8. The first-order valence-corrected chi connectivity index (χ1v) is 14.2. The molecule has 0 spiro atoms. The molecule has 0 saturated heterocycles. The number of fused-ring (bicyclic) bond motifs is 7. The SMILES string of the molecule is CC1C2C3=CCC4C5(C)CC(O)C(O)C(C)(C(=O)O)C5CCC4(C)C3(C)CCC2(C(=O)O)CCC1(C)O. The summed E-state index contributed by atoms with van der Waals surface area (Å²) in [7, 11) is 0. The molecule has 12 atom stereocenters. The third kappa shape index (κ3) is 3.05. The lowest BCUT2D eigenvalue weighted by atomic mass is 9.33. The van der Waals surface area contributed by atoms with E-state index in [0.29, 0.717) is 38.5 Å². The topological polar surface area (TPSA) is 135 Å². The van der Waals surface area contributed by atoms with Gasteiger partial charge < -0.3 is 25.5 Å². The number of carboxylic acids is 2. The van der Waals surface area contributed by atoms with E-state index in [1.54, 1.807) is 6.92 Å². The molecular weight excluding hydrogens is 472 g/mol. The van der Waals surface area contributed by atoms with Crippen molar-refractivity contribution < 1.29 is 35.1 Å². The largest absolute Gasteiger partial charge is 0.481 e. The second kappa shape index (κ2) is 7.82. The molecule has 37 heavy (non-hydrogen) atoms. The minimum Gasteiger partial charge on any atom is -0.481 e. The highest BCUT2D eigenvalue weighted by molar-refractivity contribution is 5.77. The Bertz CT molecular complexity index is 1050. The van der Waals surface area contributed by atoms with E-state index in [1.165, 1.54) is 5.57 Å². The number of rotatable bonds is 2. The van der Waals surface area contributed by atoms with Crippen molar-refractivity contribution in [1.82, 2.24) is 0 Å². The lowest BCUT2D eigenvalue weighted by molar-refractivity contribution is -0.241. The number of aliphatic hydroxyl groups is 3. The molecule has 5 aliphatic rings. The molecule has 0 aromatic carbocycles. The van der Waals surface area contributed by atoms with E-state index in [0.717, 1.165) is 12.8 Å². The van der Waals surface area contributed by atoms with Gasteiger partial charge in [-0.15, -0.1) is 0 Å². The Balaban J connectivity index is 1.64. The van der Waals surface area contributed by atoms with Gasteiger partial charge in [0.15, 0.2) is 0 Å². The van der Waals surface area contributed by atoms with E-state index in [4.69, 9.17) is 0 Å². The molecule has 4 fully saturated rings. The summed E-state index contributed by atoms with van der Waals surface area (Å²) >= 11 is 0. The van der Waals surface area contributed by atoms with Crippen molar-refractivity contribution in [2.45, 2.75) is 111 Å². The predicted octanol–water partition coefficient (Wildman–Crippen LogP) is 4.24. The molecule has 0 aromatic rings. The van der Waals surface area contributed by atoms with Crippen LogP contribution in [0.1, 0.15) is 92.9 Å². The molecule has 5 aliphatic carbocycles. The fourth-order valence-electron chi connectivity index (χ4n) is 10.9. The van der Waals surface area contributed by atoms with E-state index >= 15 is 0 Å². The molecule has 4 saturated carbocycles. The van der Waals surface area contributed by atoms with Gasteiger partial charge in [0.2, 0.25) is 0 Å². The maximum Gasteiger partial charge on any atom is 0.312 e. The molecule has 0 aromatic heterocycles. The molecule has 5 rings (SSSR count). The molecular formula is C30H46O7. The quantitative estimate of drug-likeness (QED) is 0.345. The average molecular weight is 519 g/mol. The first-order chi connectivity index (χ1) is 16.9. The van der Waals surface area contributed by atoms with Crippen molar-refractivity contribution in [2.75, 3.05) is 0 Å². The summed E-state index contributed by atoms with van der Waals surface area (Å²) in [5, 5.41) is 53.9. The molecule has 7 heteroatoms. The van der Waals surface area contributed by atoms with Gasteiger partial charge in [-0.1, -0.05) is 39.3 Å². The summed E-state index contributed by atoms with van der Waals surface area (Å²) in [5.74, 6) is -2.45. The van der Waals surface area contributed by atoms with Gasteiger partial charge in [0.05, 0.1) is 28.6 Å². The summed E-state index contributed by atoms with van der Waals surface area (Å²) in [6.45, 7) is 12.2. The number of carbonyl (C=O) groups is 2. The first kappa shape index (κ1) is 27.1. The molecule has 0 bridgehead atoms. The lowest BCUT2D eigenvalue weighted by Crippen LogP contribution is -2.69. The van der Waals surface area contributed by atoms with Crippen LogP contribution in [-0.4, -0.2) is 55.3 Å². The standard InChI is InChI=1S/C30H46O7/c1-16-21-17-7-8-19-25(2)15-18(31)22(32)29(6,23(33)34)20(25)9-10-27(19,4)26(17,3)11-13-30(21,24(35)36)14-12-28(16,5)37/h7,16,18-22,31-32,37H,8-15H2,1-6H3,(H,33,34)(H,35,36). The average Bonchev–Trinajstić information content (AvgIpc) is 2.80. The van der Waals surface area contributed by atoms with Crippen LogP contribution in [0.4, 0.5) is 0 Å². The van der Waals surface area contributed by atoms with Crippen LogP contribution in [0.25, 0.3) is 0 Å². The second-order valence-electron chi connectivity index (χ2n) is 14.7. The zero-order valence-electron chi connectivity index (χ0n) is 23.3. The summed E-state index contributed by atoms with van der Waals surface area (Å²) in [5.41, 5.74) is -3.07. The molecule has 208 valence electrons. The number of aliphatic carboxylic acids is 2. The van der Waals surface area contributed by atoms with Crippen LogP contribution < -0.4 is 0 Å². The van der Waals surface area contributed by atoms with Gasteiger partial charge in [0, 0.05) is 5.92 Å². The molecule has 0 amide bonds. The predicted molar refractivity (Wildman–Crippen MR) is 137 cm³/mol. The Labute approximate surface area is 220 Å². The Hall–Kier alpha value is -1.44. The molecule has 5 N–H and O–H groups in total. The van der Waals surface area contributed by atoms with Crippen molar-refractivity contribution in [2.24, 2.45) is 50.7 Å². The summed E-state index contributed by atoms with van der Waals surface area (Å²) in [6, 6.07) is 0. The van der Waals surface area contributed by atoms with E-state index < -0.39 is 46.0 Å². The van der Waals surface area contributed by atoms with Crippen molar-refractivity contribution in [3.05, 3.63) is 11.6 Å². The van der Waals surface area contributed by atoms with Gasteiger partial charge in [0.25, 0.3) is 0 Å². The fourth-order valence-corrected chi connectivity index (χ4v) is 10.9. The molecule has 0 radical (unpaired) electrons. The minimum atomic E-state index is -1.43.